The lowest BCUT2D eigenvalue weighted by molar-refractivity contribution is -0.386. The van der Waals surface area contributed by atoms with E-state index in [1.54, 1.807) is 6.07 Å². The van der Waals surface area contributed by atoms with Crippen LogP contribution in [0.1, 0.15) is 23.6 Å². The molecule has 18 heavy (non-hydrogen) atoms. The molecule has 1 aromatic carbocycles. The number of nitriles is 1. The first-order valence-electron chi connectivity index (χ1n) is 4.79. The molecule has 0 unspecified atom stereocenters. The molecule has 8 heteroatoms. The fourth-order valence-corrected chi connectivity index (χ4v) is 1.42. The zero-order valence-corrected chi connectivity index (χ0v) is 10.1. The van der Waals surface area contributed by atoms with Gasteiger partial charge in [0, 0.05) is 24.3 Å². The van der Waals surface area contributed by atoms with Crippen LogP contribution in [0.4, 0.5) is 5.69 Å². The second kappa shape index (κ2) is 6.76. The molecular weight excluding hydrogens is 262 g/mol. The lowest BCUT2D eigenvalue weighted by Gasteiger charge is -2.12. The first-order chi connectivity index (χ1) is 8.01. The normalized spacial score (nSPS) is 11.2. The Balaban J connectivity index is 0.00000289. The van der Waals surface area contributed by atoms with Crippen molar-refractivity contribution in [2.24, 2.45) is 5.73 Å². The first kappa shape index (κ1) is 16.1. The maximum atomic E-state index is 10.7. The third kappa shape index (κ3) is 3.30. The van der Waals surface area contributed by atoms with Crippen molar-refractivity contribution < 1.29 is 15.1 Å². The number of aliphatic hydroxyl groups excluding tert-OH is 1. The Bertz CT molecular complexity index is 487. The van der Waals surface area contributed by atoms with Crippen LogP contribution < -0.4 is 5.73 Å². The highest BCUT2D eigenvalue weighted by molar-refractivity contribution is 5.85. The minimum Gasteiger partial charge on any atom is -0.502 e. The molecule has 0 radical (unpaired) electrons. The van der Waals surface area contributed by atoms with Crippen LogP contribution in [0.5, 0.6) is 5.75 Å². The van der Waals surface area contributed by atoms with Crippen LogP contribution in [0.2, 0.25) is 0 Å². The van der Waals surface area contributed by atoms with Gasteiger partial charge in [-0.1, -0.05) is 0 Å². The first-order valence-corrected chi connectivity index (χ1v) is 4.79. The third-order valence-corrected chi connectivity index (χ3v) is 2.28. The Kier molecular flexibility index (Phi) is 6.05. The summed E-state index contributed by atoms with van der Waals surface area (Å²) in [6, 6.07) is 3.25. The Labute approximate surface area is 109 Å². The summed E-state index contributed by atoms with van der Waals surface area (Å²) >= 11 is 0. The number of nitrogens with two attached hydrogens (primary N) is 1. The van der Waals surface area contributed by atoms with Crippen molar-refractivity contribution in [2.75, 3.05) is 6.61 Å². The number of halogens is 1. The van der Waals surface area contributed by atoms with E-state index in [4.69, 9.17) is 16.1 Å². The van der Waals surface area contributed by atoms with Gasteiger partial charge in [-0.05, 0) is 12.5 Å². The predicted octanol–water partition coefficient (Wildman–Crippen LogP) is 0.976. The highest BCUT2D eigenvalue weighted by Gasteiger charge is 2.22. The number of nitro groups is 1. The monoisotopic (exact) mass is 273 g/mol. The van der Waals surface area contributed by atoms with Gasteiger partial charge in [-0.3, -0.25) is 10.1 Å². The lowest BCUT2D eigenvalue weighted by Crippen LogP contribution is -2.13. The molecule has 7 nitrogen and oxygen atoms in total. The van der Waals surface area contributed by atoms with Crippen LogP contribution in [0.15, 0.2) is 12.1 Å². The SMILES string of the molecule is Cl.N#Cc1cc([C@H](N)CCO)c(O)c([N+](=O)[O-])c1. The van der Waals surface area contributed by atoms with Gasteiger partial charge in [0.1, 0.15) is 0 Å². The number of phenols is 1. The van der Waals surface area contributed by atoms with E-state index in [1.165, 1.54) is 6.07 Å². The molecule has 0 aliphatic rings. The molecule has 0 aromatic heterocycles. The second-order valence-corrected chi connectivity index (χ2v) is 3.42. The van der Waals surface area contributed by atoms with Crippen LogP contribution in [0, 0.1) is 21.4 Å². The number of nitrogens with zero attached hydrogens (tertiary/aromatic N) is 2. The van der Waals surface area contributed by atoms with Crippen molar-refractivity contribution in [3.63, 3.8) is 0 Å². The van der Waals surface area contributed by atoms with E-state index in [0.29, 0.717) is 0 Å². The van der Waals surface area contributed by atoms with Gasteiger partial charge in [-0.2, -0.15) is 5.26 Å². The molecular formula is C10H12ClN3O4. The highest BCUT2D eigenvalue weighted by atomic mass is 35.5. The molecule has 1 aromatic rings. The van der Waals surface area contributed by atoms with E-state index >= 15 is 0 Å². The van der Waals surface area contributed by atoms with Crippen molar-refractivity contribution >= 4 is 18.1 Å². The fraction of sp³-hybridized carbons (Fsp3) is 0.300. The molecule has 0 spiro atoms. The number of hydrogen-bond donors (Lipinski definition) is 3. The molecule has 0 amide bonds. The molecule has 1 rings (SSSR count). The van der Waals surface area contributed by atoms with E-state index in [0.717, 1.165) is 6.07 Å². The molecule has 0 saturated heterocycles. The molecule has 0 bridgehead atoms. The van der Waals surface area contributed by atoms with Crippen LogP contribution >= 0.6 is 12.4 Å². The lowest BCUT2D eigenvalue weighted by atomic mass is 10.0. The number of aromatic hydroxyl groups is 1. The second-order valence-electron chi connectivity index (χ2n) is 3.42. The summed E-state index contributed by atoms with van der Waals surface area (Å²) in [5.41, 5.74) is 5.21. The molecule has 98 valence electrons. The van der Waals surface area contributed by atoms with Gasteiger partial charge in [0.2, 0.25) is 0 Å². The van der Waals surface area contributed by atoms with Crippen molar-refractivity contribution in [2.45, 2.75) is 12.5 Å². The number of aliphatic hydroxyl groups is 1. The number of benzene rings is 1. The number of rotatable bonds is 4. The zero-order valence-electron chi connectivity index (χ0n) is 9.24. The van der Waals surface area contributed by atoms with E-state index in [2.05, 4.69) is 0 Å². The molecule has 0 aliphatic heterocycles. The number of phenolic OH excluding ortho intramolecular Hbond substituents is 1. The maximum absolute atomic E-state index is 10.7. The summed E-state index contributed by atoms with van der Waals surface area (Å²) in [6.07, 6.45) is 0.138. The standard InChI is InChI=1S/C10H11N3O4.ClH/c11-5-6-3-7(8(12)1-2-14)10(15)9(4-6)13(16)17;/h3-4,8,14-15H,1-2,12H2;1H/t8-;/m1./s1. The Morgan fingerprint density at radius 2 is 2.17 bits per heavy atom. The Morgan fingerprint density at radius 1 is 1.56 bits per heavy atom. The van der Waals surface area contributed by atoms with Crippen LogP contribution in [0.3, 0.4) is 0 Å². The van der Waals surface area contributed by atoms with Gasteiger partial charge in [0.05, 0.1) is 16.6 Å². The van der Waals surface area contributed by atoms with E-state index in [-0.39, 0.29) is 36.6 Å². The van der Waals surface area contributed by atoms with Gasteiger partial charge in [-0.15, -0.1) is 12.4 Å². The summed E-state index contributed by atoms with van der Waals surface area (Å²) < 4.78 is 0. The molecule has 0 aliphatic carbocycles. The third-order valence-electron chi connectivity index (χ3n) is 2.28. The van der Waals surface area contributed by atoms with E-state index in [1.807, 2.05) is 0 Å². The molecule has 0 heterocycles. The predicted molar refractivity (Wildman–Crippen MR) is 65.4 cm³/mol. The molecule has 0 saturated carbocycles. The zero-order chi connectivity index (χ0) is 13.0. The van der Waals surface area contributed by atoms with Crippen molar-refractivity contribution in [1.82, 2.24) is 0 Å². The minimum absolute atomic E-state index is 0. The number of hydrogen-bond acceptors (Lipinski definition) is 6. The summed E-state index contributed by atoms with van der Waals surface area (Å²) in [7, 11) is 0. The van der Waals surface area contributed by atoms with E-state index < -0.39 is 22.4 Å². The molecule has 4 N–H and O–H groups in total. The summed E-state index contributed by atoms with van der Waals surface area (Å²) in [5.74, 6) is -0.560. The average Bonchev–Trinajstić information content (AvgIpc) is 2.29. The smallest absolute Gasteiger partial charge is 0.312 e. The summed E-state index contributed by atoms with van der Waals surface area (Å²) in [4.78, 5) is 9.88. The highest BCUT2D eigenvalue weighted by Crippen LogP contribution is 2.34. The fourth-order valence-electron chi connectivity index (χ4n) is 1.42. The summed E-state index contributed by atoms with van der Waals surface area (Å²) in [6.45, 7) is -0.217. The van der Waals surface area contributed by atoms with E-state index in [9.17, 15) is 15.2 Å². The van der Waals surface area contributed by atoms with Gasteiger partial charge in [-0.25, -0.2) is 0 Å². The van der Waals surface area contributed by atoms with Gasteiger partial charge in [0.25, 0.3) is 0 Å². The molecule has 1 atom stereocenters. The quantitative estimate of drug-likeness (QED) is 0.553. The van der Waals surface area contributed by atoms with Crippen LogP contribution in [0.25, 0.3) is 0 Å². The number of nitro benzene ring substituents is 1. The van der Waals surface area contributed by atoms with Crippen LogP contribution in [-0.4, -0.2) is 21.7 Å². The minimum atomic E-state index is -0.786. The van der Waals surface area contributed by atoms with Crippen molar-refractivity contribution in [1.29, 1.82) is 5.26 Å². The Hall–Kier alpha value is -1.88. The van der Waals surface area contributed by atoms with Crippen molar-refractivity contribution in [3.8, 4) is 11.8 Å². The maximum Gasteiger partial charge on any atom is 0.312 e. The van der Waals surface area contributed by atoms with Gasteiger partial charge >= 0.3 is 5.69 Å². The largest absolute Gasteiger partial charge is 0.502 e. The van der Waals surface area contributed by atoms with Crippen molar-refractivity contribution in [3.05, 3.63) is 33.4 Å². The average molecular weight is 274 g/mol. The topological polar surface area (TPSA) is 133 Å². The van der Waals surface area contributed by atoms with Gasteiger partial charge < -0.3 is 15.9 Å². The van der Waals surface area contributed by atoms with Crippen LogP contribution in [-0.2, 0) is 0 Å². The Morgan fingerprint density at radius 3 is 2.61 bits per heavy atom. The summed E-state index contributed by atoms with van der Waals surface area (Å²) in [5, 5.41) is 37.8. The van der Waals surface area contributed by atoms with Gasteiger partial charge in [0.15, 0.2) is 5.75 Å². The molecule has 0 fully saturated rings.